The lowest BCUT2D eigenvalue weighted by Gasteiger charge is -2.26. The van der Waals surface area contributed by atoms with E-state index in [1.807, 2.05) is 0 Å². The summed E-state index contributed by atoms with van der Waals surface area (Å²) < 4.78 is 24.8. The molecule has 2 rings (SSSR count). The van der Waals surface area contributed by atoms with Crippen LogP contribution in [-0.4, -0.2) is 25.2 Å². The average molecular weight is 349 g/mol. The van der Waals surface area contributed by atoms with Crippen molar-refractivity contribution in [3.05, 3.63) is 33.8 Å². The fourth-order valence-corrected chi connectivity index (χ4v) is 5.09. The van der Waals surface area contributed by atoms with Crippen molar-refractivity contribution in [2.45, 2.75) is 37.9 Å². The summed E-state index contributed by atoms with van der Waals surface area (Å²) in [5.74, 6) is -0.589. The molecular weight excluding hydrogens is 331 g/mol. The van der Waals surface area contributed by atoms with Crippen LogP contribution in [-0.2, 0) is 9.84 Å². The number of ketones is 1. The van der Waals surface area contributed by atoms with Gasteiger partial charge in [0.15, 0.2) is 15.6 Å². The summed E-state index contributed by atoms with van der Waals surface area (Å²) in [5.41, 5.74) is 0.177. The predicted molar refractivity (Wildman–Crippen MR) is 86.0 cm³/mol. The van der Waals surface area contributed by atoms with Gasteiger partial charge in [-0.1, -0.05) is 43.0 Å². The number of carbonyl (C=O) groups excluding carboxylic acids is 1. The Morgan fingerprint density at radius 3 is 2.67 bits per heavy atom. The topological polar surface area (TPSA) is 51.2 Å². The van der Waals surface area contributed by atoms with Crippen LogP contribution in [0.15, 0.2) is 18.2 Å². The van der Waals surface area contributed by atoms with E-state index in [4.69, 9.17) is 23.2 Å². The molecule has 1 saturated carbocycles. The first-order valence-electron chi connectivity index (χ1n) is 6.99. The Bertz CT molecular complexity index is 640. The van der Waals surface area contributed by atoms with Gasteiger partial charge in [0.1, 0.15) is 5.75 Å². The Morgan fingerprint density at radius 2 is 2.00 bits per heavy atom. The van der Waals surface area contributed by atoms with Gasteiger partial charge in [0, 0.05) is 10.6 Å². The zero-order valence-corrected chi connectivity index (χ0v) is 14.1. The van der Waals surface area contributed by atoms with E-state index in [-0.39, 0.29) is 10.6 Å². The summed E-state index contributed by atoms with van der Waals surface area (Å²) in [7, 11) is -3.44. The standard InChI is InChI=1S/C15H18Cl2O3S/c1-10-3-2-4-12(7-10)21(19,20)9-15(18)13-8-11(16)5-6-14(13)17/h5-6,8,10,12H,2-4,7,9H2,1H3. The van der Waals surface area contributed by atoms with E-state index in [2.05, 4.69) is 6.92 Å². The lowest BCUT2D eigenvalue weighted by Crippen LogP contribution is -2.32. The van der Waals surface area contributed by atoms with Gasteiger partial charge in [-0.2, -0.15) is 0 Å². The molecule has 6 heteroatoms. The smallest absolute Gasteiger partial charge is 0.179 e. The van der Waals surface area contributed by atoms with Crippen molar-refractivity contribution in [3.63, 3.8) is 0 Å². The van der Waals surface area contributed by atoms with Gasteiger partial charge in [-0.25, -0.2) is 8.42 Å². The molecule has 0 spiro atoms. The molecule has 3 nitrogen and oxygen atoms in total. The summed E-state index contributed by atoms with van der Waals surface area (Å²) in [6.45, 7) is 2.05. The van der Waals surface area contributed by atoms with Crippen LogP contribution in [0.5, 0.6) is 0 Å². The summed E-state index contributed by atoms with van der Waals surface area (Å²) in [5, 5.41) is 0.186. The molecule has 116 valence electrons. The second-order valence-corrected chi connectivity index (χ2v) is 8.87. The van der Waals surface area contributed by atoms with E-state index >= 15 is 0 Å². The maximum Gasteiger partial charge on any atom is 0.179 e. The van der Waals surface area contributed by atoms with Crippen molar-refractivity contribution in [1.82, 2.24) is 0 Å². The number of halogens is 2. The largest absolute Gasteiger partial charge is 0.293 e. The third kappa shape index (κ3) is 4.21. The van der Waals surface area contributed by atoms with Crippen LogP contribution in [0.25, 0.3) is 0 Å². The highest BCUT2D eigenvalue weighted by atomic mass is 35.5. The molecule has 0 radical (unpaired) electrons. The van der Waals surface area contributed by atoms with Gasteiger partial charge in [0.25, 0.3) is 0 Å². The minimum atomic E-state index is -3.44. The molecule has 2 unspecified atom stereocenters. The average Bonchev–Trinajstić information content (AvgIpc) is 2.41. The predicted octanol–water partition coefficient (Wildman–Crippen LogP) is 4.17. The third-order valence-electron chi connectivity index (χ3n) is 3.96. The first-order valence-corrected chi connectivity index (χ1v) is 9.46. The van der Waals surface area contributed by atoms with Crippen LogP contribution in [0.4, 0.5) is 0 Å². The lowest BCUT2D eigenvalue weighted by atomic mass is 9.91. The molecule has 1 aliphatic carbocycles. The van der Waals surface area contributed by atoms with Crippen molar-refractivity contribution in [2.75, 3.05) is 5.75 Å². The summed E-state index contributed by atoms with van der Waals surface area (Å²) in [6.07, 6.45) is 3.24. The second kappa shape index (κ2) is 6.67. The van der Waals surface area contributed by atoms with E-state index in [0.29, 0.717) is 23.8 Å². The fourth-order valence-electron chi connectivity index (χ4n) is 2.79. The van der Waals surface area contributed by atoms with Crippen molar-refractivity contribution in [2.24, 2.45) is 5.92 Å². The van der Waals surface area contributed by atoms with Crippen LogP contribution in [0.1, 0.15) is 43.0 Å². The molecule has 0 aromatic heterocycles. The van der Waals surface area contributed by atoms with Crippen molar-refractivity contribution in [1.29, 1.82) is 0 Å². The summed E-state index contributed by atoms with van der Waals surface area (Å²) in [6, 6.07) is 4.50. The minimum Gasteiger partial charge on any atom is -0.293 e. The Hall–Kier alpha value is -0.580. The fraction of sp³-hybridized carbons (Fsp3) is 0.533. The number of carbonyl (C=O) groups is 1. The Labute approximate surface area is 135 Å². The molecule has 2 atom stereocenters. The van der Waals surface area contributed by atoms with Crippen molar-refractivity contribution >= 4 is 38.8 Å². The van der Waals surface area contributed by atoms with Gasteiger partial charge in [0.05, 0.1) is 10.3 Å². The first-order chi connectivity index (χ1) is 9.79. The van der Waals surface area contributed by atoms with Crippen LogP contribution in [0.3, 0.4) is 0 Å². The third-order valence-corrected chi connectivity index (χ3v) is 6.63. The van der Waals surface area contributed by atoms with Crippen molar-refractivity contribution in [3.8, 4) is 0 Å². The van der Waals surface area contributed by atoms with E-state index < -0.39 is 26.6 Å². The van der Waals surface area contributed by atoms with Gasteiger partial charge in [-0.05, 0) is 37.0 Å². The highest BCUT2D eigenvalue weighted by molar-refractivity contribution is 7.92. The molecular formula is C15H18Cl2O3S. The molecule has 1 aromatic rings. The highest BCUT2D eigenvalue weighted by Crippen LogP contribution is 2.29. The normalized spacial score (nSPS) is 23.0. The minimum absolute atomic E-state index is 0.177. The van der Waals surface area contributed by atoms with Crippen LogP contribution < -0.4 is 0 Å². The van der Waals surface area contributed by atoms with Gasteiger partial charge < -0.3 is 0 Å². The van der Waals surface area contributed by atoms with Gasteiger partial charge >= 0.3 is 0 Å². The Balaban J connectivity index is 2.16. The van der Waals surface area contributed by atoms with Crippen LogP contribution in [0.2, 0.25) is 10.0 Å². The lowest BCUT2D eigenvalue weighted by molar-refractivity contribution is 0.102. The SMILES string of the molecule is CC1CCCC(S(=O)(=O)CC(=O)c2cc(Cl)ccc2Cl)C1. The molecule has 0 bridgehead atoms. The van der Waals surface area contributed by atoms with E-state index in [1.165, 1.54) is 12.1 Å². The monoisotopic (exact) mass is 348 g/mol. The first kappa shape index (κ1) is 16.8. The molecule has 0 amide bonds. The number of rotatable bonds is 4. The molecule has 0 heterocycles. The molecule has 0 saturated heterocycles. The maximum atomic E-state index is 12.4. The van der Waals surface area contributed by atoms with Crippen LogP contribution >= 0.6 is 23.2 Å². The number of Topliss-reactive ketones (excluding diaryl/α,β-unsaturated/α-hetero) is 1. The second-order valence-electron chi connectivity index (χ2n) is 5.75. The van der Waals surface area contributed by atoms with Gasteiger partial charge in [-0.15, -0.1) is 0 Å². The van der Waals surface area contributed by atoms with E-state index in [0.717, 1.165) is 12.8 Å². The molecule has 1 fully saturated rings. The van der Waals surface area contributed by atoms with E-state index in [9.17, 15) is 13.2 Å². The molecule has 21 heavy (non-hydrogen) atoms. The molecule has 0 N–H and O–H groups in total. The Morgan fingerprint density at radius 1 is 1.29 bits per heavy atom. The highest BCUT2D eigenvalue weighted by Gasteiger charge is 2.32. The Kier molecular flexibility index (Phi) is 5.33. The quantitative estimate of drug-likeness (QED) is 0.767. The van der Waals surface area contributed by atoms with Gasteiger partial charge in [0.2, 0.25) is 0 Å². The number of benzene rings is 1. The number of hydrogen-bond donors (Lipinski definition) is 0. The molecule has 0 aliphatic heterocycles. The molecule has 1 aliphatic rings. The van der Waals surface area contributed by atoms with Crippen molar-refractivity contribution < 1.29 is 13.2 Å². The number of sulfone groups is 1. The number of hydrogen-bond acceptors (Lipinski definition) is 3. The van der Waals surface area contributed by atoms with Crippen LogP contribution in [0, 0.1) is 5.92 Å². The summed E-state index contributed by atoms with van der Waals surface area (Å²) >= 11 is 11.8. The zero-order chi connectivity index (χ0) is 15.6. The van der Waals surface area contributed by atoms with Gasteiger partial charge in [-0.3, -0.25) is 4.79 Å². The van der Waals surface area contributed by atoms with E-state index in [1.54, 1.807) is 6.07 Å². The zero-order valence-electron chi connectivity index (χ0n) is 11.8. The summed E-state index contributed by atoms with van der Waals surface area (Å²) in [4.78, 5) is 12.2. The maximum absolute atomic E-state index is 12.4. The molecule has 1 aromatic carbocycles.